The molecule has 0 bridgehead atoms. The molecule has 1 saturated heterocycles. The van der Waals surface area contributed by atoms with Crippen LogP contribution >= 0.6 is 0 Å². The molecule has 0 saturated carbocycles. The summed E-state index contributed by atoms with van der Waals surface area (Å²) in [5.41, 5.74) is 3.09. The molecule has 170 valence electrons. The van der Waals surface area contributed by atoms with Gasteiger partial charge in [-0.05, 0) is 49.6 Å². The lowest BCUT2D eigenvalue weighted by Gasteiger charge is -2.23. The van der Waals surface area contributed by atoms with Crippen molar-refractivity contribution < 1.29 is 14.2 Å². The van der Waals surface area contributed by atoms with E-state index in [0.29, 0.717) is 12.6 Å². The number of ether oxygens (including phenoxy) is 3. The number of pyridine rings is 1. The second-order valence-corrected chi connectivity index (χ2v) is 8.31. The van der Waals surface area contributed by atoms with Crippen LogP contribution in [0.4, 0.5) is 5.82 Å². The summed E-state index contributed by atoms with van der Waals surface area (Å²) in [6.45, 7) is 4.17. The molecule has 0 unspecified atom stereocenters. The molecule has 2 aromatic carbocycles. The zero-order chi connectivity index (χ0) is 22.6. The van der Waals surface area contributed by atoms with Gasteiger partial charge >= 0.3 is 0 Å². The van der Waals surface area contributed by atoms with Gasteiger partial charge in [-0.2, -0.15) is 5.10 Å². The number of hydrogen-bond donors (Lipinski definition) is 1. The van der Waals surface area contributed by atoms with Crippen molar-refractivity contribution >= 4 is 16.9 Å². The summed E-state index contributed by atoms with van der Waals surface area (Å²) < 4.78 is 19.0. The smallest absolute Gasteiger partial charge is 0.164 e. The van der Waals surface area contributed by atoms with E-state index >= 15 is 0 Å². The van der Waals surface area contributed by atoms with Crippen LogP contribution < -0.4 is 14.8 Å². The van der Waals surface area contributed by atoms with Crippen molar-refractivity contribution in [2.45, 2.75) is 32.4 Å². The van der Waals surface area contributed by atoms with E-state index in [1.54, 1.807) is 13.3 Å². The van der Waals surface area contributed by atoms with Crippen molar-refractivity contribution in [2.75, 3.05) is 25.6 Å². The highest BCUT2D eigenvalue weighted by molar-refractivity contribution is 5.93. The maximum Gasteiger partial charge on any atom is 0.164 e. The number of rotatable bonds is 7. The quantitative estimate of drug-likeness (QED) is 0.424. The first-order valence-corrected chi connectivity index (χ1v) is 11.3. The Morgan fingerprint density at radius 3 is 2.45 bits per heavy atom. The fourth-order valence-electron chi connectivity index (χ4n) is 4.04. The van der Waals surface area contributed by atoms with Crippen LogP contribution in [-0.4, -0.2) is 41.1 Å². The third-order valence-corrected chi connectivity index (χ3v) is 5.90. The Kier molecular flexibility index (Phi) is 6.13. The topological polar surface area (TPSA) is 70.4 Å². The molecule has 1 aliphatic heterocycles. The summed E-state index contributed by atoms with van der Waals surface area (Å²) in [4.78, 5) is 4.67. The molecule has 4 aromatic rings. The van der Waals surface area contributed by atoms with Gasteiger partial charge in [0.25, 0.3) is 0 Å². The van der Waals surface area contributed by atoms with Crippen LogP contribution in [0.25, 0.3) is 11.0 Å². The highest BCUT2D eigenvalue weighted by Gasteiger charge is 2.21. The number of anilines is 1. The Hall–Kier alpha value is -3.58. The van der Waals surface area contributed by atoms with Crippen LogP contribution in [0.1, 0.15) is 24.0 Å². The van der Waals surface area contributed by atoms with Gasteiger partial charge in [-0.15, -0.1) is 0 Å². The maximum absolute atomic E-state index is 6.30. The molecule has 1 aliphatic rings. The van der Waals surface area contributed by atoms with Crippen LogP contribution in [0.15, 0.2) is 60.8 Å². The molecule has 1 fully saturated rings. The predicted molar refractivity (Wildman–Crippen MR) is 128 cm³/mol. The summed E-state index contributed by atoms with van der Waals surface area (Å²) in [7, 11) is 1.67. The van der Waals surface area contributed by atoms with Crippen molar-refractivity contribution in [2.24, 2.45) is 0 Å². The highest BCUT2D eigenvalue weighted by atomic mass is 16.5. The zero-order valence-electron chi connectivity index (χ0n) is 19.0. The molecule has 0 atom stereocenters. The highest BCUT2D eigenvalue weighted by Crippen LogP contribution is 2.35. The fraction of sp³-hybridized carbons (Fsp3) is 0.308. The summed E-state index contributed by atoms with van der Waals surface area (Å²) in [5.74, 6) is 3.14. The first kappa shape index (κ1) is 21.3. The molecule has 7 heteroatoms. The van der Waals surface area contributed by atoms with E-state index in [-0.39, 0.29) is 0 Å². The molecule has 5 rings (SSSR count). The summed E-state index contributed by atoms with van der Waals surface area (Å²) in [6, 6.07) is 18.3. The zero-order valence-corrected chi connectivity index (χ0v) is 19.0. The van der Waals surface area contributed by atoms with Gasteiger partial charge in [0, 0.05) is 31.5 Å². The van der Waals surface area contributed by atoms with E-state index in [9.17, 15) is 0 Å². The van der Waals surface area contributed by atoms with Crippen molar-refractivity contribution in [1.29, 1.82) is 0 Å². The summed E-state index contributed by atoms with van der Waals surface area (Å²) >= 11 is 0. The number of methoxy groups -OCH3 is 1. The van der Waals surface area contributed by atoms with Crippen molar-refractivity contribution in [3.8, 4) is 17.2 Å². The standard InChI is InChI=1S/C26H28N4O3/c1-18-3-7-22(8-4-18)33-23-11-14-27-26-24(23)25(28-20-12-15-32-16-13-20)29-30(26)17-19-5-9-21(31-2)10-6-19/h3-11,14,20H,12-13,15-17H2,1-2H3,(H,28,29). The fourth-order valence-corrected chi connectivity index (χ4v) is 4.04. The lowest BCUT2D eigenvalue weighted by Crippen LogP contribution is -2.28. The Morgan fingerprint density at radius 2 is 1.73 bits per heavy atom. The number of aryl methyl sites for hydroxylation is 1. The third-order valence-electron chi connectivity index (χ3n) is 5.90. The monoisotopic (exact) mass is 444 g/mol. The van der Waals surface area contributed by atoms with Crippen molar-refractivity contribution in [3.63, 3.8) is 0 Å². The molecule has 0 radical (unpaired) electrons. The van der Waals surface area contributed by atoms with Crippen LogP contribution in [-0.2, 0) is 11.3 Å². The van der Waals surface area contributed by atoms with Crippen molar-refractivity contribution in [3.05, 3.63) is 71.9 Å². The average molecular weight is 445 g/mol. The van der Waals surface area contributed by atoms with E-state index in [1.165, 1.54) is 5.56 Å². The van der Waals surface area contributed by atoms with E-state index in [0.717, 1.165) is 65.7 Å². The van der Waals surface area contributed by atoms with Crippen molar-refractivity contribution in [1.82, 2.24) is 14.8 Å². The number of aromatic nitrogens is 3. The Bertz CT molecular complexity index is 1210. The average Bonchev–Trinajstić information content (AvgIpc) is 3.19. The molecule has 3 heterocycles. The Balaban J connectivity index is 1.53. The lowest BCUT2D eigenvalue weighted by atomic mass is 10.1. The molecule has 7 nitrogen and oxygen atoms in total. The maximum atomic E-state index is 6.30. The molecule has 2 aromatic heterocycles. The number of hydrogen-bond acceptors (Lipinski definition) is 6. The normalized spacial score (nSPS) is 14.4. The Labute approximate surface area is 193 Å². The molecular formula is C26H28N4O3. The van der Waals surface area contributed by atoms with Gasteiger partial charge in [-0.25, -0.2) is 9.67 Å². The predicted octanol–water partition coefficient (Wildman–Crippen LogP) is 5.18. The lowest BCUT2D eigenvalue weighted by molar-refractivity contribution is 0.0904. The molecule has 1 N–H and O–H groups in total. The van der Waals surface area contributed by atoms with Gasteiger partial charge in [-0.1, -0.05) is 29.8 Å². The molecule has 0 amide bonds. The minimum absolute atomic E-state index is 0.304. The molecule has 0 spiro atoms. The van der Waals surface area contributed by atoms with Gasteiger partial charge in [0.1, 0.15) is 22.6 Å². The second-order valence-electron chi connectivity index (χ2n) is 8.31. The molecular weight excluding hydrogens is 416 g/mol. The van der Waals surface area contributed by atoms with Crippen LogP contribution in [0.2, 0.25) is 0 Å². The first-order valence-electron chi connectivity index (χ1n) is 11.3. The van der Waals surface area contributed by atoms with Gasteiger partial charge in [-0.3, -0.25) is 0 Å². The number of nitrogens with one attached hydrogen (secondary N) is 1. The Morgan fingerprint density at radius 1 is 1.00 bits per heavy atom. The first-order chi connectivity index (χ1) is 16.2. The summed E-state index contributed by atoms with van der Waals surface area (Å²) in [5, 5.41) is 9.45. The largest absolute Gasteiger partial charge is 0.497 e. The minimum Gasteiger partial charge on any atom is -0.497 e. The third kappa shape index (κ3) is 4.78. The van der Waals surface area contributed by atoms with Gasteiger partial charge < -0.3 is 19.5 Å². The van der Waals surface area contributed by atoms with E-state index < -0.39 is 0 Å². The molecule has 33 heavy (non-hydrogen) atoms. The summed E-state index contributed by atoms with van der Waals surface area (Å²) in [6.07, 6.45) is 3.67. The second kappa shape index (κ2) is 9.50. The van der Waals surface area contributed by atoms with Crippen LogP contribution in [0, 0.1) is 6.92 Å². The van der Waals surface area contributed by atoms with Crippen LogP contribution in [0.5, 0.6) is 17.2 Å². The van der Waals surface area contributed by atoms with E-state index in [1.807, 2.05) is 59.3 Å². The van der Waals surface area contributed by atoms with E-state index in [2.05, 4.69) is 17.2 Å². The molecule has 0 aliphatic carbocycles. The SMILES string of the molecule is COc1ccc(Cn2nc(NC3CCOCC3)c3c(Oc4ccc(C)cc4)ccnc32)cc1. The number of nitrogens with zero attached hydrogens (tertiary/aromatic N) is 3. The van der Waals surface area contributed by atoms with Gasteiger partial charge in [0.2, 0.25) is 0 Å². The number of fused-ring (bicyclic) bond motifs is 1. The van der Waals surface area contributed by atoms with E-state index in [4.69, 9.17) is 19.3 Å². The van der Waals surface area contributed by atoms with Gasteiger partial charge in [0.15, 0.2) is 11.5 Å². The number of benzene rings is 2. The minimum atomic E-state index is 0.304. The van der Waals surface area contributed by atoms with Crippen LogP contribution in [0.3, 0.4) is 0 Å². The van der Waals surface area contributed by atoms with Gasteiger partial charge in [0.05, 0.1) is 13.7 Å².